The summed E-state index contributed by atoms with van der Waals surface area (Å²) >= 11 is 0. The SMILES string of the molecule is CN(C)c1ccccc1NC(=O)CCCCN. The van der Waals surface area contributed by atoms with E-state index in [1.165, 1.54) is 0 Å². The second kappa shape index (κ2) is 6.91. The fraction of sp³-hybridized carbons (Fsp3) is 0.462. The number of amides is 1. The Morgan fingerprint density at radius 2 is 2.00 bits per heavy atom. The Hall–Kier alpha value is -1.55. The van der Waals surface area contributed by atoms with Crippen LogP contribution in [0.4, 0.5) is 11.4 Å². The molecule has 0 radical (unpaired) electrons. The van der Waals surface area contributed by atoms with Crippen molar-refractivity contribution in [3.63, 3.8) is 0 Å². The molecular weight excluding hydrogens is 214 g/mol. The summed E-state index contributed by atoms with van der Waals surface area (Å²) in [6, 6.07) is 7.77. The van der Waals surface area contributed by atoms with Crippen molar-refractivity contribution in [1.29, 1.82) is 0 Å². The number of hydrogen-bond donors (Lipinski definition) is 2. The van der Waals surface area contributed by atoms with E-state index in [1.807, 2.05) is 43.3 Å². The minimum atomic E-state index is 0.0488. The summed E-state index contributed by atoms with van der Waals surface area (Å²) in [5.74, 6) is 0.0488. The molecule has 3 N–H and O–H groups in total. The number of nitrogens with one attached hydrogen (secondary N) is 1. The minimum absolute atomic E-state index is 0.0488. The van der Waals surface area contributed by atoms with Gasteiger partial charge in [0.1, 0.15) is 0 Å². The second-order valence-electron chi connectivity index (χ2n) is 4.21. The first-order valence-electron chi connectivity index (χ1n) is 5.91. The molecule has 0 aliphatic rings. The second-order valence-corrected chi connectivity index (χ2v) is 4.21. The van der Waals surface area contributed by atoms with E-state index < -0.39 is 0 Å². The Morgan fingerprint density at radius 3 is 2.65 bits per heavy atom. The first-order chi connectivity index (χ1) is 8.15. The Labute approximate surface area is 103 Å². The number of rotatable bonds is 6. The van der Waals surface area contributed by atoms with Crippen LogP contribution in [0.2, 0.25) is 0 Å². The van der Waals surface area contributed by atoms with Gasteiger partial charge in [0, 0.05) is 20.5 Å². The van der Waals surface area contributed by atoms with Crippen LogP contribution in [0.3, 0.4) is 0 Å². The maximum atomic E-state index is 11.7. The molecule has 0 aliphatic heterocycles. The highest BCUT2D eigenvalue weighted by molar-refractivity contribution is 5.94. The number of nitrogens with zero attached hydrogens (tertiary/aromatic N) is 1. The lowest BCUT2D eigenvalue weighted by Crippen LogP contribution is -2.16. The van der Waals surface area contributed by atoms with Gasteiger partial charge in [0.25, 0.3) is 0 Å². The average Bonchev–Trinajstić information content (AvgIpc) is 2.29. The first kappa shape index (κ1) is 13.5. The Bertz CT molecular complexity index is 363. The lowest BCUT2D eigenvalue weighted by molar-refractivity contribution is -0.116. The molecule has 0 bridgehead atoms. The van der Waals surface area contributed by atoms with Crippen molar-refractivity contribution in [3.05, 3.63) is 24.3 Å². The monoisotopic (exact) mass is 235 g/mol. The third-order valence-corrected chi connectivity index (χ3v) is 2.52. The summed E-state index contributed by atoms with van der Waals surface area (Å²) in [6.45, 7) is 0.640. The molecule has 0 spiro atoms. The predicted molar refractivity (Wildman–Crippen MR) is 72.3 cm³/mol. The van der Waals surface area contributed by atoms with Gasteiger partial charge in [0.05, 0.1) is 11.4 Å². The van der Waals surface area contributed by atoms with E-state index in [0.717, 1.165) is 24.2 Å². The molecule has 0 saturated carbocycles. The van der Waals surface area contributed by atoms with E-state index in [2.05, 4.69) is 5.32 Å². The van der Waals surface area contributed by atoms with Gasteiger partial charge in [-0.3, -0.25) is 4.79 Å². The lowest BCUT2D eigenvalue weighted by Gasteiger charge is -2.17. The molecule has 0 saturated heterocycles. The first-order valence-corrected chi connectivity index (χ1v) is 5.91. The molecular formula is C13H21N3O. The molecule has 1 aromatic carbocycles. The zero-order valence-electron chi connectivity index (χ0n) is 10.6. The van der Waals surface area contributed by atoms with E-state index in [9.17, 15) is 4.79 Å². The molecule has 0 heterocycles. The van der Waals surface area contributed by atoms with Crippen molar-refractivity contribution < 1.29 is 4.79 Å². The molecule has 1 aromatic rings. The molecule has 17 heavy (non-hydrogen) atoms. The maximum Gasteiger partial charge on any atom is 0.224 e. The van der Waals surface area contributed by atoms with Crippen LogP contribution in [-0.4, -0.2) is 26.5 Å². The fourth-order valence-corrected chi connectivity index (χ4v) is 1.61. The van der Waals surface area contributed by atoms with Crippen molar-refractivity contribution in [2.45, 2.75) is 19.3 Å². The van der Waals surface area contributed by atoms with E-state index >= 15 is 0 Å². The standard InChI is InChI=1S/C13H21N3O/c1-16(2)12-8-4-3-7-11(12)15-13(17)9-5-6-10-14/h3-4,7-8H,5-6,9-10,14H2,1-2H3,(H,15,17). The molecule has 1 amide bonds. The Kier molecular flexibility index (Phi) is 5.49. The highest BCUT2D eigenvalue weighted by atomic mass is 16.1. The number of carbonyl (C=O) groups is 1. The molecule has 0 aromatic heterocycles. The van der Waals surface area contributed by atoms with Gasteiger partial charge in [0.15, 0.2) is 0 Å². The quantitative estimate of drug-likeness (QED) is 0.739. The van der Waals surface area contributed by atoms with Crippen molar-refractivity contribution in [3.8, 4) is 0 Å². The molecule has 0 atom stereocenters. The Morgan fingerprint density at radius 1 is 1.29 bits per heavy atom. The Balaban J connectivity index is 2.58. The van der Waals surface area contributed by atoms with Crippen LogP contribution in [0.15, 0.2) is 24.3 Å². The molecule has 0 fully saturated rings. The summed E-state index contributed by atoms with van der Waals surface area (Å²) < 4.78 is 0. The molecule has 4 nitrogen and oxygen atoms in total. The van der Waals surface area contributed by atoms with Crippen LogP contribution < -0.4 is 16.0 Å². The number of unbranched alkanes of at least 4 members (excludes halogenated alkanes) is 1. The van der Waals surface area contributed by atoms with Crippen LogP contribution in [-0.2, 0) is 4.79 Å². The van der Waals surface area contributed by atoms with Crippen molar-refractivity contribution in [1.82, 2.24) is 0 Å². The van der Waals surface area contributed by atoms with Crippen LogP contribution in [0.1, 0.15) is 19.3 Å². The highest BCUT2D eigenvalue weighted by Gasteiger charge is 2.07. The van der Waals surface area contributed by atoms with Gasteiger partial charge in [-0.25, -0.2) is 0 Å². The molecule has 94 valence electrons. The topological polar surface area (TPSA) is 58.4 Å². The van der Waals surface area contributed by atoms with Gasteiger partial charge in [-0.15, -0.1) is 0 Å². The third-order valence-electron chi connectivity index (χ3n) is 2.52. The van der Waals surface area contributed by atoms with Crippen LogP contribution >= 0.6 is 0 Å². The van der Waals surface area contributed by atoms with Gasteiger partial charge in [-0.2, -0.15) is 0 Å². The predicted octanol–water partition coefficient (Wildman–Crippen LogP) is 1.82. The van der Waals surface area contributed by atoms with Gasteiger partial charge < -0.3 is 16.0 Å². The molecule has 4 heteroatoms. The summed E-state index contributed by atoms with van der Waals surface area (Å²) in [6.07, 6.45) is 2.26. The fourth-order valence-electron chi connectivity index (χ4n) is 1.61. The summed E-state index contributed by atoms with van der Waals surface area (Å²) in [5.41, 5.74) is 7.26. The largest absolute Gasteiger partial charge is 0.376 e. The van der Waals surface area contributed by atoms with E-state index in [0.29, 0.717) is 13.0 Å². The normalized spacial score (nSPS) is 10.1. The van der Waals surface area contributed by atoms with Gasteiger partial charge in [-0.05, 0) is 31.5 Å². The summed E-state index contributed by atoms with van der Waals surface area (Å²) in [4.78, 5) is 13.7. The highest BCUT2D eigenvalue weighted by Crippen LogP contribution is 2.23. The van der Waals surface area contributed by atoms with E-state index in [4.69, 9.17) is 5.73 Å². The van der Waals surface area contributed by atoms with Gasteiger partial charge in [-0.1, -0.05) is 12.1 Å². The summed E-state index contributed by atoms with van der Waals surface area (Å²) in [5, 5.41) is 2.93. The zero-order chi connectivity index (χ0) is 12.7. The molecule has 1 rings (SSSR count). The molecule has 0 aliphatic carbocycles. The van der Waals surface area contributed by atoms with E-state index in [-0.39, 0.29) is 5.91 Å². The number of benzene rings is 1. The van der Waals surface area contributed by atoms with E-state index in [1.54, 1.807) is 0 Å². The van der Waals surface area contributed by atoms with Gasteiger partial charge in [0.2, 0.25) is 5.91 Å². The maximum absolute atomic E-state index is 11.7. The number of anilines is 2. The van der Waals surface area contributed by atoms with Gasteiger partial charge >= 0.3 is 0 Å². The summed E-state index contributed by atoms with van der Waals surface area (Å²) in [7, 11) is 3.92. The van der Waals surface area contributed by atoms with Crippen molar-refractivity contribution >= 4 is 17.3 Å². The minimum Gasteiger partial charge on any atom is -0.376 e. The number of carbonyl (C=O) groups excluding carboxylic acids is 1. The average molecular weight is 235 g/mol. The molecule has 0 unspecified atom stereocenters. The van der Waals surface area contributed by atoms with Crippen LogP contribution in [0, 0.1) is 0 Å². The van der Waals surface area contributed by atoms with Crippen molar-refractivity contribution in [2.75, 3.05) is 30.9 Å². The lowest BCUT2D eigenvalue weighted by atomic mass is 10.2. The number of para-hydroxylation sites is 2. The van der Waals surface area contributed by atoms with Crippen molar-refractivity contribution in [2.24, 2.45) is 5.73 Å². The number of hydrogen-bond acceptors (Lipinski definition) is 3. The zero-order valence-corrected chi connectivity index (χ0v) is 10.6. The third kappa shape index (κ3) is 4.44. The van der Waals surface area contributed by atoms with Crippen LogP contribution in [0.5, 0.6) is 0 Å². The number of nitrogens with two attached hydrogens (primary N) is 1. The van der Waals surface area contributed by atoms with Crippen LogP contribution in [0.25, 0.3) is 0 Å². The smallest absolute Gasteiger partial charge is 0.224 e.